The lowest BCUT2D eigenvalue weighted by Gasteiger charge is -2.12. The van der Waals surface area contributed by atoms with E-state index >= 15 is 0 Å². The van der Waals surface area contributed by atoms with Crippen LogP contribution in [-0.4, -0.2) is 39.5 Å². The average Bonchev–Trinajstić information content (AvgIpc) is 2.51. The van der Waals surface area contributed by atoms with Crippen LogP contribution in [-0.2, 0) is 24.3 Å². The molecule has 1 rings (SSSR count). The minimum absolute atomic E-state index is 0.0295. The Morgan fingerprint density at radius 1 is 1.25 bits per heavy atom. The molecule has 0 bridgehead atoms. The molecule has 24 heavy (non-hydrogen) atoms. The minimum Gasteiger partial charge on any atom is -0.455 e. The van der Waals surface area contributed by atoms with Gasteiger partial charge in [0.15, 0.2) is 6.61 Å². The van der Waals surface area contributed by atoms with Gasteiger partial charge in [-0.3, -0.25) is 9.59 Å². The number of nitrogens with one attached hydrogen (secondary N) is 2. The fourth-order valence-corrected chi connectivity index (χ4v) is 2.84. The molecule has 1 amide bonds. The molecule has 134 valence electrons. The van der Waals surface area contributed by atoms with Gasteiger partial charge in [0.1, 0.15) is 12.4 Å². The Bertz CT molecular complexity index is 661. The van der Waals surface area contributed by atoms with E-state index in [9.17, 15) is 22.4 Å². The van der Waals surface area contributed by atoms with Gasteiger partial charge in [-0.05, 0) is 37.6 Å². The molecule has 1 aromatic rings. The number of amides is 1. The Morgan fingerprint density at radius 3 is 2.46 bits per heavy atom. The van der Waals surface area contributed by atoms with E-state index in [4.69, 9.17) is 4.74 Å². The standard InChI is InChI=1S/C15H21FN2O5S/c1-3-4-11(2)18-14(19)10-23-15(20)9-17-24(21,22)13-7-5-12(16)6-8-13/h5-8,11,17H,3-4,9-10H2,1-2H3,(H,18,19)/t11-/m0/s1. The second-order valence-corrected chi connectivity index (χ2v) is 6.96. The fourth-order valence-electron chi connectivity index (χ4n) is 1.87. The number of carbonyl (C=O) groups is 2. The highest BCUT2D eigenvalue weighted by Crippen LogP contribution is 2.09. The summed E-state index contributed by atoms with van der Waals surface area (Å²) in [6.45, 7) is 2.71. The van der Waals surface area contributed by atoms with Crippen molar-refractivity contribution in [2.75, 3.05) is 13.2 Å². The van der Waals surface area contributed by atoms with E-state index in [0.29, 0.717) is 0 Å². The molecule has 1 atom stereocenters. The van der Waals surface area contributed by atoms with Gasteiger partial charge in [-0.2, -0.15) is 4.72 Å². The zero-order valence-corrected chi connectivity index (χ0v) is 14.4. The summed E-state index contributed by atoms with van der Waals surface area (Å²) < 4.78 is 43.3. The summed E-state index contributed by atoms with van der Waals surface area (Å²) in [5, 5.41) is 2.65. The highest BCUT2D eigenvalue weighted by molar-refractivity contribution is 7.89. The molecule has 9 heteroatoms. The van der Waals surface area contributed by atoms with Crippen molar-refractivity contribution < 1.29 is 27.1 Å². The third-order valence-corrected chi connectivity index (χ3v) is 4.44. The van der Waals surface area contributed by atoms with E-state index in [0.717, 1.165) is 37.1 Å². The third kappa shape index (κ3) is 7.05. The molecule has 0 fully saturated rings. The highest BCUT2D eigenvalue weighted by Gasteiger charge is 2.17. The van der Waals surface area contributed by atoms with Gasteiger partial charge in [0, 0.05) is 6.04 Å². The van der Waals surface area contributed by atoms with E-state index in [1.54, 1.807) is 0 Å². The van der Waals surface area contributed by atoms with Crippen LogP contribution in [0, 0.1) is 5.82 Å². The van der Waals surface area contributed by atoms with Crippen molar-refractivity contribution in [1.29, 1.82) is 0 Å². The molecular formula is C15H21FN2O5S. The van der Waals surface area contributed by atoms with Crippen LogP contribution in [0.25, 0.3) is 0 Å². The van der Waals surface area contributed by atoms with Crippen molar-refractivity contribution in [3.05, 3.63) is 30.1 Å². The summed E-state index contributed by atoms with van der Waals surface area (Å²) in [5.41, 5.74) is 0. The normalized spacial score (nSPS) is 12.5. The van der Waals surface area contributed by atoms with Crippen molar-refractivity contribution in [3.63, 3.8) is 0 Å². The van der Waals surface area contributed by atoms with E-state index in [2.05, 4.69) is 5.32 Å². The van der Waals surface area contributed by atoms with Gasteiger partial charge in [-0.15, -0.1) is 0 Å². The van der Waals surface area contributed by atoms with Crippen molar-refractivity contribution >= 4 is 21.9 Å². The Morgan fingerprint density at radius 2 is 1.88 bits per heavy atom. The average molecular weight is 360 g/mol. The maximum Gasteiger partial charge on any atom is 0.321 e. The van der Waals surface area contributed by atoms with Crippen LogP contribution in [0.3, 0.4) is 0 Å². The van der Waals surface area contributed by atoms with Crippen LogP contribution >= 0.6 is 0 Å². The van der Waals surface area contributed by atoms with Gasteiger partial charge >= 0.3 is 5.97 Å². The number of benzene rings is 1. The van der Waals surface area contributed by atoms with Crippen LogP contribution < -0.4 is 10.0 Å². The zero-order chi connectivity index (χ0) is 18.2. The molecule has 0 spiro atoms. The predicted molar refractivity (Wildman–Crippen MR) is 85.1 cm³/mol. The summed E-state index contributed by atoms with van der Waals surface area (Å²) in [7, 11) is -3.96. The van der Waals surface area contributed by atoms with Gasteiger partial charge < -0.3 is 10.1 Å². The summed E-state index contributed by atoms with van der Waals surface area (Å²) in [4.78, 5) is 22.8. The topological polar surface area (TPSA) is 102 Å². The van der Waals surface area contributed by atoms with Crippen LogP contribution in [0.4, 0.5) is 4.39 Å². The summed E-state index contributed by atoms with van der Waals surface area (Å²) >= 11 is 0. The molecule has 0 saturated heterocycles. The van der Waals surface area contributed by atoms with Crippen molar-refractivity contribution in [3.8, 4) is 0 Å². The molecule has 0 aliphatic rings. The number of hydrogen-bond acceptors (Lipinski definition) is 5. The van der Waals surface area contributed by atoms with Crippen LogP contribution in [0.5, 0.6) is 0 Å². The van der Waals surface area contributed by atoms with Gasteiger partial charge in [0.2, 0.25) is 10.0 Å². The summed E-state index contributed by atoms with van der Waals surface area (Å²) in [6.07, 6.45) is 1.71. The first kappa shape index (κ1) is 20.0. The van der Waals surface area contributed by atoms with E-state index in [1.807, 2.05) is 18.6 Å². The molecular weight excluding hydrogens is 339 g/mol. The van der Waals surface area contributed by atoms with Crippen LogP contribution in [0.15, 0.2) is 29.2 Å². The summed E-state index contributed by atoms with van der Waals surface area (Å²) in [5.74, 6) is -1.92. The maximum atomic E-state index is 12.8. The second kappa shape index (κ2) is 9.33. The Labute approximate surface area is 140 Å². The largest absolute Gasteiger partial charge is 0.455 e. The number of halogens is 1. The number of ether oxygens (including phenoxy) is 1. The lowest BCUT2D eigenvalue weighted by Crippen LogP contribution is -2.37. The SMILES string of the molecule is CCC[C@H](C)NC(=O)COC(=O)CNS(=O)(=O)c1ccc(F)cc1. The smallest absolute Gasteiger partial charge is 0.321 e. The molecule has 2 N–H and O–H groups in total. The number of carbonyl (C=O) groups excluding carboxylic acids is 2. The lowest BCUT2D eigenvalue weighted by atomic mass is 10.2. The van der Waals surface area contributed by atoms with Crippen molar-refractivity contribution in [2.45, 2.75) is 37.6 Å². The molecule has 0 radical (unpaired) electrons. The Kier molecular flexibility index (Phi) is 7.80. The lowest BCUT2D eigenvalue weighted by molar-refractivity contribution is -0.147. The Hall–Kier alpha value is -2.00. The number of hydrogen-bond donors (Lipinski definition) is 2. The fraction of sp³-hybridized carbons (Fsp3) is 0.467. The maximum absolute atomic E-state index is 12.8. The van der Waals surface area contributed by atoms with E-state index < -0.39 is 40.9 Å². The number of rotatable bonds is 9. The summed E-state index contributed by atoms with van der Waals surface area (Å²) in [6, 6.07) is 4.11. The van der Waals surface area contributed by atoms with Gasteiger partial charge in [-0.25, -0.2) is 12.8 Å². The number of esters is 1. The molecule has 0 aliphatic heterocycles. The van der Waals surface area contributed by atoms with E-state index in [-0.39, 0.29) is 10.9 Å². The van der Waals surface area contributed by atoms with Crippen LogP contribution in [0.1, 0.15) is 26.7 Å². The third-order valence-electron chi connectivity index (χ3n) is 3.02. The second-order valence-electron chi connectivity index (χ2n) is 5.20. The van der Waals surface area contributed by atoms with Crippen molar-refractivity contribution in [2.24, 2.45) is 0 Å². The van der Waals surface area contributed by atoms with Gasteiger partial charge in [0.05, 0.1) is 4.90 Å². The molecule has 1 aromatic carbocycles. The molecule has 0 aliphatic carbocycles. The highest BCUT2D eigenvalue weighted by atomic mass is 32.2. The van der Waals surface area contributed by atoms with Gasteiger partial charge in [0.25, 0.3) is 5.91 Å². The van der Waals surface area contributed by atoms with Crippen molar-refractivity contribution in [1.82, 2.24) is 10.0 Å². The van der Waals surface area contributed by atoms with E-state index in [1.165, 1.54) is 0 Å². The quantitative estimate of drug-likeness (QED) is 0.639. The van der Waals surface area contributed by atoms with Gasteiger partial charge in [-0.1, -0.05) is 13.3 Å². The Balaban J connectivity index is 2.40. The van der Waals surface area contributed by atoms with Crippen LogP contribution in [0.2, 0.25) is 0 Å². The molecule has 0 unspecified atom stereocenters. The predicted octanol–water partition coefficient (Wildman–Crippen LogP) is 0.952. The molecule has 0 aromatic heterocycles. The first-order valence-corrected chi connectivity index (χ1v) is 8.93. The first-order valence-electron chi connectivity index (χ1n) is 7.45. The first-order chi connectivity index (χ1) is 11.2. The number of sulfonamides is 1. The minimum atomic E-state index is -3.96. The molecule has 0 heterocycles. The monoisotopic (exact) mass is 360 g/mol. The molecule has 7 nitrogen and oxygen atoms in total. The zero-order valence-electron chi connectivity index (χ0n) is 13.5. The molecule has 0 saturated carbocycles.